The molecular formula is C20H18N2. The van der Waals surface area contributed by atoms with Crippen LogP contribution in [0.25, 0.3) is 27.7 Å². The highest BCUT2D eigenvalue weighted by Gasteiger charge is 2.05. The minimum Gasteiger partial charge on any atom is -0.264 e. The molecule has 22 heavy (non-hydrogen) atoms. The maximum absolute atomic E-state index is 4.74. The third-order valence-electron chi connectivity index (χ3n) is 3.74. The van der Waals surface area contributed by atoms with E-state index < -0.39 is 0 Å². The van der Waals surface area contributed by atoms with E-state index in [1.54, 1.807) is 6.20 Å². The normalized spacial score (nSPS) is 11.2. The molecule has 0 N–H and O–H groups in total. The number of benzene rings is 1. The molecule has 1 aromatic carbocycles. The monoisotopic (exact) mass is 286 g/mol. The van der Waals surface area contributed by atoms with Crippen molar-refractivity contribution in [1.29, 1.82) is 0 Å². The standard InChI is InChI=1S/C20H18N2/c1-4-5-14(2)16-6-8-17(9-7-16)20-12-15(3)18-13-21-11-10-19(18)22-20/h4-13H,2H2,1,3H3. The van der Waals surface area contributed by atoms with Crippen molar-refractivity contribution in [3.63, 3.8) is 0 Å². The zero-order valence-electron chi connectivity index (χ0n) is 12.9. The molecule has 0 saturated carbocycles. The lowest BCUT2D eigenvalue weighted by atomic mass is 10.0. The first-order valence-electron chi connectivity index (χ1n) is 7.33. The summed E-state index contributed by atoms with van der Waals surface area (Å²) in [7, 11) is 0. The second-order valence-corrected chi connectivity index (χ2v) is 5.32. The highest BCUT2D eigenvalue weighted by Crippen LogP contribution is 2.25. The van der Waals surface area contributed by atoms with Crippen LogP contribution in [0.2, 0.25) is 0 Å². The summed E-state index contributed by atoms with van der Waals surface area (Å²) in [5, 5.41) is 1.10. The number of rotatable bonds is 3. The second-order valence-electron chi connectivity index (χ2n) is 5.32. The van der Waals surface area contributed by atoms with E-state index in [9.17, 15) is 0 Å². The van der Waals surface area contributed by atoms with Crippen LogP contribution in [0, 0.1) is 6.92 Å². The van der Waals surface area contributed by atoms with Crippen molar-refractivity contribution in [3.05, 3.63) is 78.6 Å². The molecule has 0 saturated heterocycles. The number of fused-ring (bicyclic) bond motifs is 1. The molecular weight excluding hydrogens is 268 g/mol. The fraction of sp³-hybridized carbons (Fsp3) is 0.100. The number of hydrogen-bond donors (Lipinski definition) is 0. The smallest absolute Gasteiger partial charge is 0.0742 e. The zero-order valence-corrected chi connectivity index (χ0v) is 12.9. The molecule has 2 heteroatoms. The summed E-state index contributed by atoms with van der Waals surface area (Å²) in [6.07, 6.45) is 7.66. The van der Waals surface area contributed by atoms with E-state index in [1.165, 1.54) is 5.56 Å². The Kier molecular flexibility index (Phi) is 3.84. The van der Waals surface area contributed by atoms with Crippen molar-refractivity contribution in [2.75, 3.05) is 0 Å². The van der Waals surface area contributed by atoms with E-state index in [2.05, 4.69) is 48.8 Å². The average Bonchev–Trinajstić information content (AvgIpc) is 2.55. The molecule has 0 aliphatic rings. The molecule has 3 aromatic rings. The van der Waals surface area contributed by atoms with Crippen LogP contribution in [0.5, 0.6) is 0 Å². The fourth-order valence-corrected chi connectivity index (χ4v) is 2.53. The molecule has 0 aliphatic heterocycles. The van der Waals surface area contributed by atoms with E-state index in [1.807, 2.05) is 31.3 Å². The Balaban J connectivity index is 2.02. The summed E-state index contributed by atoms with van der Waals surface area (Å²) in [6, 6.07) is 12.4. The summed E-state index contributed by atoms with van der Waals surface area (Å²) < 4.78 is 0. The van der Waals surface area contributed by atoms with Gasteiger partial charge in [-0.3, -0.25) is 4.98 Å². The molecule has 0 fully saturated rings. The van der Waals surface area contributed by atoms with Gasteiger partial charge < -0.3 is 0 Å². The van der Waals surface area contributed by atoms with Gasteiger partial charge in [-0.25, -0.2) is 4.98 Å². The van der Waals surface area contributed by atoms with Crippen molar-refractivity contribution in [2.45, 2.75) is 13.8 Å². The lowest BCUT2D eigenvalue weighted by molar-refractivity contribution is 1.30. The predicted octanol–water partition coefficient (Wildman–Crippen LogP) is 5.19. The Morgan fingerprint density at radius 1 is 1.14 bits per heavy atom. The van der Waals surface area contributed by atoms with E-state index in [0.29, 0.717) is 0 Å². The van der Waals surface area contributed by atoms with Crippen molar-refractivity contribution in [2.24, 2.45) is 0 Å². The molecule has 2 heterocycles. The molecule has 0 atom stereocenters. The van der Waals surface area contributed by atoms with Gasteiger partial charge in [0.15, 0.2) is 0 Å². The first-order chi connectivity index (χ1) is 10.7. The maximum Gasteiger partial charge on any atom is 0.0742 e. The van der Waals surface area contributed by atoms with Gasteiger partial charge in [-0.1, -0.05) is 43.0 Å². The topological polar surface area (TPSA) is 25.8 Å². The van der Waals surface area contributed by atoms with Gasteiger partial charge in [-0.15, -0.1) is 0 Å². The summed E-state index contributed by atoms with van der Waals surface area (Å²) in [5.41, 5.74) is 6.41. The largest absolute Gasteiger partial charge is 0.264 e. The van der Waals surface area contributed by atoms with E-state index in [0.717, 1.165) is 33.3 Å². The Hall–Kier alpha value is -2.74. The first-order valence-corrected chi connectivity index (χ1v) is 7.33. The summed E-state index contributed by atoms with van der Waals surface area (Å²) in [6.45, 7) is 8.15. The van der Waals surface area contributed by atoms with Crippen molar-refractivity contribution < 1.29 is 0 Å². The highest BCUT2D eigenvalue weighted by molar-refractivity contribution is 5.84. The SMILES string of the molecule is C=C(C=CC)c1ccc(-c2cc(C)c3cnccc3n2)cc1. The zero-order chi connectivity index (χ0) is 15.5. The van der Waals surface area contributed by atoms with E-state index in [-0.39, 0.29) is 0 Å². The molecule has 2 aromatic heterocycles. The molecule has 0 radical (unpaired) electrons. The molecule has 0 unspecified atom stereocenters. The van der Waals surface area contributed by atoms with Gasteiger partial charge in [0.25, 0.3) is 0 Å². The molecule has 3 rings (SSSR count). The summed E-state index contributed by atoms with van der Waals surface area (Å²) in [4.78, 5) is 8.91. The van der Waals surface area contributed by atoms with Crippen LogP contribution in [0.3, 0.4) is 0 Å². The third-order valence-corrected chi connectivity index (χ3v) is 3.74. The van der Waals surface area contributed by atoms with Gasteiger partial charge >= 0.3 is 0 Å². The molecule has 0 bridgehead atoms. The van der Waals surface area contributed by atoms with Gasteiger partial charge in [0.05, 0.1) is 11.2 Å². The number of hydrogen-bond acceptors (Lipinski definition) is 2. The number of pyridine rings is 2. The van der Waals surface area contributed by atoms with Crippen LogP contribution < -0.4 is 0 Å². The van der Waals surface area contributed by atoms with Gasteiger partial charge in [-0.2, -0.15) is 0 Å². The maximum atomic E-state index is 4.74. The van der Waals surface area contributed by atoms with Crippen LogP contribution in [-0.4, -0.2) is 9.97 Å². The minimum absolute atomic E-state index is 0.979. The highest BCUT2D eigenvalue weighted by atomic mass is 14.7. The van der Waals surface area contributed by atoms with Crippen LogP contribution in [-0.2, 0) is 0 Å². The average molecular weight is 286 g/mol. The lowest BCUT2D eigenvalue weighted by Crippen LogP contribution is -1.90. The van der Waals surface area contributed by atoms with Crippen LogP contribution >= 0.6 is 0 Å². The summed E-state index contributed by atoms with van der Waals surface area (Å²) in [5.74, 6) is 0. The van der Waals surface area contributed by atoms with Crippen LogP contribution in [0.15, 0.2) is 67.5 Å². The molecule has 2 nitrogen and oxygen atoms in total. The van der Waals surface area contributed by atoms with Gasteiger partial charge in [0.1, 0.15) is 0 Å². The number of nitrogens with zero attached hydrogens (tertiary/aromatic N) is 2. The first kappa shape index (κ1) is 14.2. The van der Waals surface area contributed by atoms with E-state index >= 15 is 0 Å². The van der Waals surface area contributed by atoms with Gasteiger partial charge in [0.2, 0.25) is 0 Å². The Morgan fingerprint density at radius 3 is 2.64 bits per heavy atom. The van der Waals surface area contributed by atoms with Crippen molar-refractivity contribution in [1.82, 2.24) is 9.97 Å². The third kappa shape index (κ3) is 2.68. The molecule has 108 valence electrons. The lowest BCUT2D eigenvalue weighted by Gasteiger charge is -2.07. The fourth-order valence-electron chi connectivity index (χ4n) is 2.53. The Labute approximate surface area is 130 Å². The molecule has 0 spiro atoms. The Bertz CT molecular complexity index is 859. The second kappa shape index (κ2) is 5.94. The molecule has 0 aliphatic carbocycles. The molecule has 0 amide bonds. The summed E-state index contributed by atoms with van der Waals surface area (Å²) >= 11 is 0. The Morgan fingerprint density at radius 2 is 1.91 bits per heavy atom. The van der Waals surface area contributed by atoms with Crippen LogP contribution in [0.4, 0.5) is 0 Å². The number of aromatic nitrogens is 2. The van der Waals surface area contributed by atoms with Crippen molar-refractivity contribution in [3.8, 4) is 11.3 Å². The van der Waals surface area contributed by atoms with E-state index in [4.69, 9.17) is 4.98 Å². The van der Waals surface area contributed by atoms with Crippen molar-refractivity contribution >= 4 is 16.5 Å². The predicted molar refractivity (Wildman–Crippen MR) is 93.6 cm³/mol. The number of allylic oxidation sites excluding steroid dienone is 3. The number of aryl methyl sites for hydroxylation is 1. The van der Waals surface area contributed by atoms with Gasteiger partial charge in [-0.05, 0) is 42.7 Å². The minimum atomic E-state index is 0.979. The van der Waals surface area contributed by atoms with Gasteiger partial charge in [0, 0.05) is 23.3 Å². The van der Waals surface area contributed by atoms with Crippen LogP contribution in [0.1, 0.15) is 18.1 Å². The quantitative estimate of drug-likeness (QED) is 0.619.